The molecule has 190 valence electrons. The van der Waals surface area contributed by atoms with Gasteiger partial charge in [0.1, 0.15) is 5.78 Å². The Morgan fingerprint density at radius 1 is 1.09 bits per heavy atom. The molecular weight excluding hydrogens is 449 g/mol. The smallest absolute Gasteiger partial charge is 0.300 e. The van der Waals surface area contributed by atoms with E-state index in [-0.39, 0.29) is 23.9 Å². The first-order valence-electron chi connectivity index (χ1n) is 12.5. The maximum absolute atomic E-state index is 13.0. The van der Waals surface area contributed by atoms with Crippen LogP contribution in [0.4, 0.5) is 13.2 Å². The number of carbonyl (C=O) groups is 2. The number of allylic oxidation sites excluding steroid dienone is 7. The SMILES string of the molecule is C=C/C=C(\C=C\C(=O)CC(C/C=C/CCC(C)=O)CCc1ccc(C2CCCC2)cc1)C(F)(F)F. The van der Waals surface area contributed by atoms with Crippen LogP contribution in [0.5, 0.6) is 0 Å². The van der Waals surface area contributed by atoms with Gasteiger partial charge >= 0.3 is 6.18 Å². The van der Waals surface area contributed by atoms with Gasteiger partial charge in [-0.25, -0.2) is 0 Å². The molecule has 0 amide bonds. The summed E-state index contributed by atoms with van der Waals surface area (Å²) in [6.45, 7) is 4.86. The van der Waals surface area contributed by atoms with Gasteiger partial charge < -0.3 is 4.79 Å². The second-order valence-corrected chi connectivity index (χ2v) is 9.43. The van der Waals surface area contributed by atoms with Gasteiger partial charge in [-0.3, -0.25) is 4.79 Å². The molecule has 1 saturated carbocycles. The molecule has 5 heteroatoms. The highest BCUT2D eigenvalue weighted by atomic mass is 19.4. The molecule has 2 nitrogen and oxygen atoms in total. The van der Waals surface area contributed by atoms with E-state index in [9.17, 15) is 22.8 Å². The molecule has 1 aliphatic rings. The Morgan fingerprint density at radius 2 is 1.77 bits per heavy atom. The molecule has 0 aliphatic heterocycles. The zero-order chi connectivity index (χ0) is 25.7. The molecule has 0 saturated heterocycles. The lowest BCUT2D eigenvalue weighted by Crippen LogP contribution is -2.11. The molecule has 0 spiro atoms. The number of hydrogen-bond donors (Lipinski definition) is 0. The van der Waals surface area contributed by atoms with Crippen LogP contribution in [0.3, 0.4) is 0 Å². The Labute approximate surface area is 207 Å². The van der Waals surface area contributed by atoms with E-state index in [1.54, 1.807) is 6.92 Å². The molecule has 1 fully saturated rings. The maximum atomic E-state index is 13.0. The van der Waals surface area contributed by atoms with Crippen molar-refractivity contribution >= 4 is 11.6 Å². The second kappa shape index (κ2) is 14.7. The molecule has 2 rings (SSSR count). The van der Waals surface area contributed by atoms with E-state index in [0.29, 0.717) is 25.2 Å². The van der Waals surface area contributed by atoms with Crippen molar-refractivity contribution in [3.05, 3.63) is 84.0 Å². The average Bonchev–Trinajstić information content (AvgIpc) is 3.34. The van der Waals surface area contributed by atoms with Crippen LogP contribution >= 0.6 is 0 Å². The summed E-state index contributed by atoms with van der Waals surface area (Å²) in [5.41, 5.74) is 1.70. The normalized spacial score (nSPS) is 16.3. The number of rotatable bonds is 14. The largest absolute Gasteiger partial charge is 0.416 e. The molecule has 0 aromatic heterocycles. The average molecular weight is 487 g/mol. The predicted molar refractivity (Wildman–Crippen MR) is 136 cm³/mol. The Balaban J connectivity index is 2.00. The molecule has 0 N–H and O–H groups in total. The van der Waals surface area contributed by atoms with Crippen LogP contribution < -0.4 is 0 Å². The summed E-state index contributed by atoms with van der Waals surface area (Å²) in [5, 5.41) is 0. The number of ketones is 2. The summed E-state index contributed by atoms with van der Waals surface area (Å²) < 4.78 is 39.1. The highest BCUT2D eigenvalue weighted by Crippen LogP contribution is 2.34. The van der Waals surface area contributed by atoms with Crippen molar-refractivity contribution in [3.63, 3.8) is 0 Å². The van der Waals surface area contributed by atoms with Gasteiger partial charge in [-0.05, 0) is 80.6 Å². The topological polar surface area (TPSA) is 34.1 Å². The quantitative estimate of drug-likeness (QED) is 0.150. The fourth-order valence-corrected chi connectivity index (χ4v) is 4.49. The Hall–Kier alpha value is -2.69. The van der Waals surface area contributed by atoms with E-state index < -0.39 is 11.7 Å². The first-order chi connectivity index (χ1) is 16.7. The van der Waals surface area contributed by atoms with Gasteiger partial charge in [0.15, 0.2) is 5.78 Å². The second-order valence-electron chi connectivity index (χ2n) is 9.43. The third-order valence-corrected chi connectivity index (χ3v) is 6.51. The van der Waals surface area contributed by atoms with Crippen molar-refractivity contribution in [2.45, 2.75) is 83.2 Å². The van der Waals surface area contributed by atoms with E-state index in [0.717, 1.165) is 37.1 Å². The molecule has 1 aromatic rings. The van der Waals surface area contributed by atoms with Gasteiger partial charge in [-0.15, -0.1) is 0 Å². The summed E-state index contributed by atoms with van der Waals surface area (Å²) in [5.74, 6) is 0.467. The third kappa shape index (κ3) is 11.1. The van der Waals surface area contributed by atoms with E-state index >= 15 is 0 Å². The molecule has 1 aromatic carbocycles. The van der Waals surface area contributed by atoms with Crippen LogP contribution in [0.2, 0.25) is 0 Å². The minimum Gasteiger partial charge on any atom is -0.300 e. The van der Waals surface area contributed by atoms with Crippen molar-refractivity contribution in [3.8, 4) is 0 Å². The molecule has 1 aliphatic carbocycles. The van der Waals surface area contributed by atoms with Crippen molar-refractivity contribution in [2.24, 2.45) is 5.92 Å². The zero-order valence-electron chi connectivity index (χ0n) is 20.7. The minimum atomic E-state index is -4.53. The molecule has 1 unspecified atom stereocenters. The van der Waals surface area contributed by atoms with Crippen LogP contribution in [0.25, 0.3) is 0 Å². The van der Waals surface area contributed by atoms with Crippen molar-refractivity contribution in [1.29, 1.82) is 0 Å². The first-order valence-corrected chi connectivity index (χ1v) is 12.5. The Kier molecular flexibility index (Phi) is 11.9. The van der Waals surface area contributed by atoms with Crippen molar-refractivity contribution in [1.82, 2.24) is 0 Å². The summed E-state index contributed by atoms with van der Waals surface area (Å²) >= 11 is 0. The summed E-state index contributed by atoms with van der Waals surface area (Å²) in [6.07, 6.45) is 11.8. The number of carbonyl (C=O) groups excluding carboxylic acids is 2. The van der Waals surface area contributed by atoms with Crippen molar-refractivity contribution < 1.29 is 22.8 Å². The fraction of sp³-hybridized carbons (Fsp3) is 0.467. The lowest BCUT2D eigenvalue weighted by molar-refractivity contribution is -0.117. The summed E-state index contributed by atoms with van der Waals surface area (Å²) in [6, 6.07) is 8.73. The molecule has 0 heterocycles. The standard InChI is InChI=1S/C30H37F3O2/c1-3-9-28(30(31,32)33)20-21-29(35)22-25(11-6-4-5-10-23(2)34)15-14-24-16-18-27(19-17-24)26-12-7-8-13-26/h3-4,6,9,16-21,25-26H,1,5,7-8,10-15,22H2,2H3/b6-4+,21-20+,28-9+. The van der Waals surface area contributed by atoms with Crippen LogP contribution in [-0.4, -0.2) is 17.7 Å². The van der Waals surface area contributed by atoms with Gasteiger partial charge in [-0.2, -0.15) is 13.2 Å². The third-order valence-electron chi connectivity index (χ3n) is 6.51. The lowest BCUT2D eigenvalue weighted by atomic mass is 9.90. The number of alkyl halides is 3. The number of Topliss-reactive ketones (excluding diaryl/α,β-unsaturated/α-hetero) is 1. The van der Waals surface area contributed by atoms with Gasteiger partial charge in [0.05, 0.1) is 5.57 Å². The number of aryl methyl sites for hydroxylation is 1. The van der Waals surface area contributed by atoms with E-state index in [1.165, 1.54) is 36.8 Å². The maximum Gasteiger partial charge on any atom is 0.416 e. The summed E-state index contributed by atoms with van der Waals surface area (Å²) in [4.78, 5) is 23.6. The molecule has 1 atom stereocenters. The lowest BCUT2D eigenvalue weighted by Gasteiger charge is -2.15. The molecule has 35 heavy (non-hydrogen) atoms. The monoisotopic (exact) mass is 486 g/mol. The van der Waals surface area contributed by atoms with Gasteiger partial charge in [0.2, 0.25) is 0 Å². The highest BCUT2D eigenvalue weighted by molar-refractivity contribution is 5.90. The number of hydrogen-bond acceptors (Lipinski definition) is 2. The van der Waals surface area contributed by atoms with Crippen LogP contribution in [0.1, 0.15) is 81.8 Å². The van der Waals surface area contributed by atoms with Crippen molar-refractivity contribution in [2.75, 3.05) is 0 Å². The van der Waals surface area contributed by atoms with E-state index in [1.807, 2.05) is 12.2 Å². The Bertz CT molecular complexity index is 914. The van der Waals surface area contributed by atoms with Gasteiger partial charge in [0, 0.05) is 12.8 Å². The molecule has 0 bridgehead atoms. The minimum absolute atomic E-state index is 0.00737. The van der Waals surface area contributed by atoms with Crippen LogP contribution in [0.15, 0.2) is 72.9 Å². The predicted octanol–water partition coefficient (Wildman–Crippen LogP) is 8.40. The number of benzene rings is 1. The van der Waals surface area contributed by atoms with E-state index in [4.69, 9.17) is 0 Å². The first kappa shape index (κ1) is 28.5. The van der Waals surface area contributed by atoms with Gasteiger partial charge in [0.25, 0.3) is 0 Å². The molecule has 0 radical (unpaired) electrons. The summed E-state index contributed by atoms with van der Waals surface area (Å²) in [7, 11) is 0. The highest BCUT2D eigenvalue weighted by Gasteiger charge is 2.31. The zero-order valence-corrected chi connectivity index (χ0v) is 20.7. The molecular formula is C30H37F3O2. The van der Waals surface area contributed by atoms with Crippen LogP contribution in [-0.2, 0) is 16.0 Å². The fourth-order valence-electron chi connectivity index (χ4n) is 4.49. The number of halogens is 3. The van der Waals surface area contributed by atoms with E-state index in [2.05, 4.69) is 30.8 Å². The van der Waals surface area contributed by atoms with Crippen LogP contribution in [0, 0.1) is 5.92 Å². The van der Waals surface area contributed by atoms with Gasteiger partial charge in [-0.1, -0.05) is 68.0 Å². The Morgan fingerprint density at radius 3 is 2.37 bits per heavy atom.